The molecule has 0 aliphatic carbocycles. The molecule has 1 atom stereocenters. The van der Waals surface area contributed by atoms with E-state index in [2.05, 4.69) is 20.5 Å². The van der Waals surface area contributed by atoms with E-state index >= 15 is 0 Å². The van der Waals surface area contributed by atoms with Gasteiger partial charge in [0, 0.05) is 19.7 Å². The van der Waals surface area contributed by atoms with Crippen molar-refractivity contribution in [3.8, 4) is 0 Å². The van der Waals surface area contributed by atoms with Crippen molar-refractivity contribution in [1.29, 1.82) is 0 Å². The van der Waals surface area contributed by atoms with Crippen LogP contribution in [0.3, 0.4) is 0 Å². The number of likely N-dealkylation sites (N-methyl/N-ethyl adjacent to an activating group) is 1. The second kappa shape index (κ2) is 7.22. The first-order chi connectivity index (χ1) is 13.5. The fourth-order valence-electron chi connectivity index (χ4n) is 3.11. The van der Waals surface area contributed by atoms with E-state index in [0.29, 0.717) is 25.3 Å². The van der Waals surface area contributed by atoms with Crippen molar-refractivity contribution in [3.63, 3.8) is 0 Å². The Labute approximate surface area is 159 Å². The SMILES string of the molecule is CN1C(=O)[C@@H](NC(=O)c2ncn(Cc3ccc(F)cc3)n2)CCn2nccc21. The van der Waals surface area contributed by atoms with Crippen molar-refractivity contribution < 1.29 is 14.0 Å². The van der Waals surface area contributed by atoms with Crippen LogP contribution in [-0.2, 0) is 17.9 Å². The first-order valence-electron chi connectivity index (χ1n) is 8.75. The Hall–Kier alpha value is -3.56. The molecule has 10 heteroatoms. The van der Waals surface area contributed by atoms with Gasteiger partial charge < -0.3 is 5.32 Å². The number of rotatable bonds is 4. The third-order valence-corrected chi connectivity index (χ3v) is 4.60. The lowest BCUT2D eigenvalue weighted by Gasteiger charge is -2.19. The van der Waals surface area contributed by atoms with E-state index in [1.54, 1.807) is 36.1 Å². The van der Waals surface area contributed by atoms with Gasteiger partial charge in [-0.15, -0.1) is 5.10 Å². The van der Waals surface area contributed by atoms with Crippen LogP contribution in [0.2, 0.25) is 0 Å². The van der Waals surface area contributed by atoms with E-state index in [-0.39, 0.29) is 17.5 Å². The van der Waals surface area contributed by atoms with Gasteiger partial charge in [-0.25, -0.2) is 18.7 Å². The van der Waals surface area contributed by atoms with Crippen LogP contribution in [0.5, 0.6) is 0 Å². The third-order valence-electron chi connectivity index (χ3n) is 4.60. The van der Waals surface area contributed by atoms with Gasteiger partial charge in [-0.1, -0.05) is 12.1 Å². The molecule has 0 radical (unpaired) electrons. The number of benzene rings is 1. The molecule has 0 fully saturated rings. The molecule has 4 rings (SSSR count). The van der Waals surface area contributed by atoms with Crippen LogP contribution in [0.1, 0.15) is 22.6 Å². The van der Waals surface area contributed by atoms with E-state index in [0.717, 1.165) is 5.56 Å². The number of halogens is 1. The number of aromatic nitrogens is 5. The second-order valence-electron chi connectivity index (χ2n) is 6.52. The molecule has 0 saturated carbocycles. The molecule has 0 spiro atoms. The van der Waals surface area contributed by atoms with Gasteiger partial charge in [0.2, 0.25) is 5.82 Å². The lowest BCUT2D eigenvalue weighted by molar-refractivity contribution is -0.120. The quantitative estimate of drug-likeness (QED) is 0.720. The number of hydrogen-bond donors (Lipinski definition) is 1. The molecule has 9 nitrogen and oxygen atoms in total. The Morgan fingerprint density at radius 2 is 2.07 bits per heavy atom. The molecule has 1 aliphatic rings. The van der Waals surface area contributed by atoms with Gasteiger partial charge >= 0.3 is 0 Å². The Morgan fingerprint density at radius 3 is 2.86 bits per heavy atom. The fourth-order valence-corrected chi connectivity index (χ4v) is 3.11. The molecule has 3 aromatic rings. The number of carbonyl (C=O) groups excluding carboxylic acids is 2. The number of carbonyl (C=O) groups is 2. The Bertz CT molecular complexity index is 1010. The van der Waals surface area contributed by atoms with E-state index < -0.39 is 11.9 Å². The molecule has 2 amide bonds. The van der Waals surface area contributed by atoms with Crippen molar-refractivity contribution in [3.05, 3.63) is 60.1 Å². The smallest absolute Gasteiger partial charge is 0.291 e. The highest BCUT2D eigenvalue weighted by atomic mass is 19.1. The van der Waals surface area contributed by atoms with Crippen LogP contribution in [0.25, 0.3) is 0 Å². The molecule has 1 aliphatic heterocycles. The number of anilines is 1. The van der Waals surface area contributed by atoms with Crippen LogP contribution in [0.4, 0.5) is 10.2 Å². The van der Waals surface area contributed by atoms with Crippen LogP contribution >= 0.6 is 0 Å². The Kier molecular flexibility index (Phi) is 4.60. The summed E-state index contributed by atoms with van der Waals surface area (Å²) >= 11 is 0. The zero-order valence-corrected chi connectivity index (χ0v) is 15.1. The molecule has 28 heavy (non-hydrogen) atoms. The summed E-state index contributed by atoms with van der Waals surface area (Å²) in [5.41, 5.74) is 0.827. The minimum Gasteiger partial charge on any atom is -0.337 e. The van der Waals surface area contributed by atoms with E-state index in [1.165, 1.54) is 28.0 Å². The van der Waals surface area contributed by atoms with E-state index in [9.17, 15) is 14.0 Å². The van der Waals surface area contributed by atoms with Crippen LogP contribution in [0.15, 0.2) is 42.9 Å². The number of fused-ring (bicyclic) bond motifs is 1. The summed E-state index contributed by atoms with van der Waals surface area (Å²) in [7, 11) is 1.65. The molecule has 0 saturated heterocycles. The minimum absolute atomic E-state index is 0.0282. The van der Waals surface area contributed by atoms with Gasteiger partial charge in [0.25, 0.3) is 11.8 Å². The maximum absolute atomic E-state index is 13.0. The lowest BCUT2D eigenvalue weighted by atomic mass is 10.2. The molecule has 0 bridgehead atoms. The summed E-state index contributed by atoms with van der Waals surface area (Å²) in [6.07, 6.45) is 3.48. The minimum atomic E-state index is -0.691. The topological polar surface area (TPSA) is 97.9 Å². The van der Waals surface area contributed by atoms with Gasteiger partial charge in [-0.2, -0.15) is 5.10 Å². The lowest BCUT2D eigenvalue weighted by Crippen LogP contribution is -2.47. The molecule has 1 N–H and O–H groups in total. The van der Waals surface area contributed by atoms with E-state index in [4.69, 9.17) is 0 Å². The highest BCUT2D eigenvalue weighted by molar-refractivity contribution is 6.00. The second-order valence-corrected chi connectivity index (χ2v) is 6.52. The molecule has 0 unspecified atom stereocenters. The van der Waals surface area contributed by atoms with Crippen molar-refractivity contribution in [2.45, 2.75) is 25.6 Å². The third kappa shape index (κ3) is 3.48. The molecule has 3 heterocycles. The predicted molar refractivity (Wildman–Crippen MR) is 97.0 cm³/mol. The van der Waals surface area contributed by atoms with Crippen LogP contribution < -0.4 is 10.2 Å². The van der Waals surface area contributed by atoms with Crippen molar-refractivity contribution >= 4 is 17.6 Å². The van der Waals surface area contributed by atoms with Gasteiger partial charge in [0.15, 0.2) is 0 Å². The van der Waals surface area contributed by atoms with Gasteiger partial charge in [0.05, 0.1) is 12.7 Å². The fraction of sp³-hybridized carbons (Fsp3) is 0.278. The van der Waals surface area contributed by atoms with E-state index in [1.807, 2.05) is 0 Å². The Balaban J connectivity index is 1.42. The Morgan fingerprint density at radius 1 is 1.29 bits per heavy atom. The first kappa shape index (κ1) is 17.8. The van der Waals surface area contributed by atoms with Crippen molar-refractivity contribution in [2.24, 2.45) is 0 Å². The average Bonchev–Trinajstić information content (AvgIpc) is 3.33. The standard InChI is InChI=1S/C18H18FN7O2/c1-24-15-6-8-21-26(15)9-7-14(18(24)28)22-17(27)16-20-11-25(23-16)10-12-2-4-13(19)5-3-12/h2-6,8,11,14H,7,9-10H2,1H3,(H,22,27)/t14-/m0/s1. The van der Waals surface area contributed by atoms with Crippen molar-refractivity contribution in [2.75, 3.05) is 11.9 Å². The number of aryl methyl sites for hydroxylation is 1. The number of amides is 2. The normalized spacial score (nSPS) is 16.6. The maximum atomic E-state index is 13.0. The van der Waals surface area contributed by atoms with Crippen LogP contribution in [-0.4, -0.2) is 49.4 Å². The zero-order valence-electron chi connectivity index (χ0n) is 15.1. The highest BCUT2D eigenvalue weighted by Crippen LogP contribution is 2.18. The highest BCUT2D eigenvalue weighted by Gasteiger charge is 2.30. The van der Waals surface area contributed by atoms with Gasteiger partial charge in [-0.3, -0.25) is 14.5 Å². The van der Waals surface area contributed by atoms with Gasteiger partial charge in [0.1, 0.15) is 24.0 Å². The summed E-state index contributed by atoms with van der Waals surface area (Å²) < 4.78 is 16.2. The van der Waals surface area contributed by atoms with Gasteiger partial charge in [-0.05, 0) is 24.1 Å². The zero-order chi connectivity index (χ0) is 19.7. The summed E-state index contributed by atoms with van der Waals surface area (Å²) in [5.74, 6) is -0.409. The molecular formula is C18H18FN7O2. The monoisotopic (exact) mass is 383 g/mol. The maximum Gasteiger partial charge on any atom is 0.291 e. The summed E-state index contributed by atoms with van der Waals surface area (Å²) in [6.45, 7) is 0.864. The summed E-state index contributed by atoms with van der Waals surface area (Å²) in [6, 6.07) is 7.06. The summed E-state index contributed by atoms with van der Waals surface area (Å²) in [5, 5.41) is 11.0. The first-order valence-corrected chi connectivity index (χ1v) is 8.75. The molecule has 144 valence electrons. The number of nitrogens with one attached hydrogen (secondary N) is 1. The number of nitrogens with zero attached hydrogens (tertiary/aromatic N) is 6. The predicted octanol–water partition coefficient (Wildman–Crippen LogP) is 0.827. The van der Waals surface area contributed by atoms with Crippen molar-refractivity contribution in [1.82, 2.24) is 29.9 Å². The number of hydrogen-bond acceptors (Lipinski definition) is 5. The molecular weight excluding hydrogens is 365 g/mol. The largest absolute Gasteiger partial charge is 0.337 e. The molecule has 2 aromatic heterocycles. The average molecular weight is 383 g/mol. The molecule has 1 aromatic carbocycles. The summed E-state index contributed by atoms with van der Waals surface area (Å²) in [4.78, 5) is 30.6. The van der Waals surface area contributed by atoms with Crippen LogP contribution in [0, 0.1) is 5.82 Å².